The quantitative estimate of drug-likeness (QED) is 0.313. The van der Waals surface area contributed by atoms with E-state index in [1.807, 2.05) is 53.9 Å². The summed E-state index contributed by atoms with van der Waals surface area (Å²) in [5, 5.41) is 21.4. The lowest BCUT2D eigenvalue weighted by Crippen LogP contribution is -2.13. The first-order valence-electron chi connectivity index (χ1n) is 10.1. The van der Waals surface area contributed by atoms with Gasteiger partial charge < -0.3 is 5.11 Å². The normalized spacial score (nSPS) is 11.5. The number of benzene rings is 2. The number of carboxylic acid groups (broad SMARTS) is 1. The highest BCUT2D eigenvalue weighted by molar-refractivity contribution is 7.92. The molecule has 0 radical (unpaired) electrons. The SMILES string of the molecule is N#Cc1sccc1-c1c(-c2ccccc2)n(S(=O)(=O)c2ccc(CC(=O)O)s2)c2ccccc12. The Kier molecular flexibility index (Phi) is 5.57. The van der Waals surface area contributed by atoms with Crippen molar-refractivity contribution in [1.29, 1.82) is 5.26 Å². The fraction of sp³-hybridized carbons (Fsp3) is 0.0400. The molecule has 0 aliphatic heterocycles. The second-order valence-corrected chi connectivity index (χ2v) is 11.5. The van der Waals surface area contributed by atoms with Crippen LogP contribution in [0.4, 0.5) is 0 Å². The lowest BCUT2D eigenvalue weighted by Gasteiger charge is -2.12. The summed E-state index contributed by atoms with van der Waals surface area (Å²) in [6, 6.07) is 23.5. The van der Waals surface area contributed by atoms with Crippen LogP contribution in [0, 0.1) is 11.3 Å². The summed E-state index contributed by atoms with van der Waals surface area (Å²) >= 11 is 2.26. The Morgan fingerprint density at radius 3 is 2.47 bits per heavy atom. The van der Waals surface area contributed by atoms with E-state index in [-0.39, 0.29) is 10.6 Å². The number of hydrogen-bond acceptors (Lipinski definition) is 6. The van der Waals surface area contributed by atoms with E-state index in [9.17, 15) is 18.5 Å². The molecule has 0 unspecified atom stereocenters. The summed E-state index contributed by atoms with van der Waals surface area (Å²) < 4.78 is 29.5. The lowest BCUT2D eigenvalue weighted by molar-refractivity contribution is -0.136. The molecule has 3 heterocycles. The molecule has 3 aromatic heterocycles. The third-order valence-electron chi connectivity index (χ3n) is 5.37. The summed E-state index contributed by atoms with van der Waals surface area (Å²) in [6.45, 7) is 0. The van der Waals surface area contributed by atoms with Gasteiger partial charge in [0.15, 0.2) is 0 Å². The van der Waals surface area contributed by atoms with Gasteiger partial charge in [0.2, 0.25) is 0 Å². The molecule has 0 spiro atoms. The number of nitrogens with zero attached hydrogens (tertiary/aromatic N) is 2. The summed E-state index contributed by atoms with van der Waals surface area (Å²) in [4.78, 5) is 12.1. The van der Waals surface area contributed by atoms with Crippen molar-refractivity contribution in [3.63, 3.8) is 0 Å². The van der Waals surface area contributed by atoms with Crippen LogP contribution in [0.25, 0.3) is 33.3 Å². The summed E-state index contributed by atoms with van der Waals surface area (Å²) in [5.74, 6) is -1.02. The van der Waals surface area contributed by atoms with Crippen LogP contribution in [0.15, 0.2) is 82.4 Å². The Morgan fingerprint density at radius 2 is 1.74 bits per heavy atom. The summed E-state index contributed by atoms with van der Waals surface area (Å²) in [6.07, 6.45) is -0.246. The van der Waals surface area contributed by atoms with Crippen molar-refractivity contribution in [2.24, 2.45) is 0 Å². The maximum absolute atomic E-state index is 14.0. The molecule has 5 rings (SSSR count). The number of rotatable bonds is 6. The van der Waals surface area contributed by atoms with Crippen molar-refractivity contribution in [2.45, 2.75) is 10.6 Å². The average molecular weight is 505 g/mol. The summed E-state index contributed by atoms with van der Waals surface area (Å²) in [7, 11) is -4.09. The highest BCUT2D eigenvalue weighted by atomic mass is 32.2. The second-order valence-electron chi connectivity index (χ2n) is 7.44. The zero-order valence-corrected chi connectivity index (χ0v) is 20.0. The highest BCUT2D eigenvalue weighted by Gasteiger charge is 2.30. The zero-order valence-electron chi connectivity index (χ0n) is 17.5. The van der Waals surface area contributed by atoms with Crippen LogP contribution < -0.4 is 0 Å². The number of aromatic nitrogens is 1. The molecule has 0 atom stereocenters. The maximum atomic E-state index is 14.0. The van der Waals surface area contributed by atoms with E-state index >= 15 is 0 Å². The molecule has 0 aliphatic carbocycles. The second kappa shape index (κ2) is 8.57. The monoisotopic (exact) mass is 504 g/mol. The smallest absolute Gasteiger partial charge is 0.308 e. The van der Waals surface area contributed by atoms with Crippen LogP contribution in [0.2, 0.25) is 0 Å². The Morgan fingerprint density at radius 1 is 1.00 bits per heavy atom. The molecular weight excluding hydrogens is 488 g/mol. The van der Waals surface area contributed by atoms with E-state index in [4.69, 9.17) is 5.11 Å². The molecule has 0 aliphatic rings. The molecule has 9 heteroatoms. The van der Waals surface area contributed by atoms with Gasteiger partial charge in [-0.05, 0) is 35.2 Å². The maximum Gasteiger partial charge on any atom is 0.308 e. The Hall–Kier alpha value is -3.71. The molecule has 0 saturated heterocycles. The van der Waals surface area contributed by atoms with E-state index in [1.165, 1.54) is 27.4 Å². The van der Waals surface area contributed by atoms with Gasteiger partial charge in [0.05, 0.1) is 17.6 Å². The fourth-order valence-electron chi connectivity index (χ4n) is 4.02. The van der Waals surface area contributed by atoms with Crippen molar-refractivity contribution >= 4 is 49.6 Å². The molecule has 1 N–H and O–H groups in total. The van der Waals surface area contributed by atoms with Crippen LogP contribution >= 0.6 is 22.7 Å². The van der Waals surface area contributed by atoms with Crippen LogP contribution in [0.5, 0.6) is 0 Å². The van der Waals surface area contributed by atoms with Gasteiger partial charge in [-0.1, -0.05) is 48.5 Å². The van der Waals surface area contributed by atoms with Crippen molar-refractivity contribution in [1.82, 2.24) is 3.97 Å². The Balaban J connectivity index is 1.89. The molecule has 0 fully saturated rings. The largest absolute Gasteiger partial charge is 0.481 e. The van der Waals surface area contributed by atoms with Gasteiger partial charge >= 0.3 is 5.97 Å². The Bertz CT molecular complexity index is 1690. The van der Waals surface area contributed by atoms with Crippen molar-refractivity contribution in [3.05, 3.63) is 87.9 Å². The molecular formula is C25H16N2O4S3. The van der Waals surface area contributed by atoms with Crippen molar-refractivity contribution < 1.29 is 18.3 Å². The van der Waals surface area contributed by atoms with E-state index in [0.717, 1.165) is 11.3 Å². The van der Waals surface area contributed by atoms with Gasteiger partial charge in [-0.3, -0.25) is 4.79 Å². The minimum Gasteiger partial charge on any atom is -0.481 e. The molecule has 34 heavy (non-hydrogen) atoms. The van der Waals surface area contributed by atoms with E-state index < -0.39 is 16.0 Å². The van der Waals surface area contributed by atoms with Gasteiger partial charge in [-0.2, -0.15) is 13.7 Å². The van der Waals surface area contributed by atoms with Crippen LogP contribution in [0.1, 0.15) is 9.75 Å². The van der Waals surface area contributed by atoms with E-state index in [2.05, 4.69) is 6.07 Å². The highest BCUT2D eigenvalue weighted by Crippen LogP contribution is 2.45. The first-order chi connectivity index (χ1) is 16.4. The van der Waals surface area contributed by atoms with Crippen LogP contribution in [-0.4, -0.2) is 23.5 Å². The number of carboxylic acids is 1. The van der Waals surface area contributed by atoms with Crippen molar-refractivity contribution in [2.75, 3.05) is 0 Å². The molecule has 6 nitrogen and oxygen atoms in total. The Labute approximate surface area is 203 Å². The van der Waals surface area contributed by atoms with Gasteiger partial charge in [0, 0.05) is 21.4 Å². The average Bonchev–Trinajstić information content (AvgIpc) is 3.56. The van der Waals surface area contributed by atoms with Gasteiger partial charge in [0.1, 0.15) is 15.2 Å². The zero-order chi connectivity index (χ0) is 23.9. The van der Waals surface area contributed by atoms with Crippen LogP contribution in [-0.2, 0) is 21.2 Å². The third kappa shape index (κ3) is 3.62. The summed E-state index contributed by atoms with van der Waals surface area (Å²) in [5.41, 5.74) is 2.99. The third-order valence-corrected chi connectivity index (χ3v) is 9.46. The minimum atomic E-state index is -4.09. The number of fused-ring (bicyclic) bond motifs is 1. The van der Waals surface area contributed by atoms with Crippen molar-refractivity contribution in [3.8, 4) is 28.5 Å². The number of carbonyl (C=O) groups is 1. The van der Waals surface area contributed by atoms with Gasteiger partial charge in [-0.15, -0.1) is 22.7 Å². The number of thiophene rings is 2. The van der Waals surface area contributed by atoms with E-state index in [1.54, 1.807) is 12.1 Å². The molecule has 0 saturated carbocycles. The predicted molar refractivity (Wildman–Crippen MR) is 134 cm³/mol. The van der Waals surface area contributed by atoms with E-state index in [0.29, 0.717) is 43.0 Å². The molecule has 168 valence electrons. The molecule has 0 amide bonds. The predicted octanol–water partition coefficient (Wildman–Crippen LogP) is 5.83. The topological polar surface area (TPSA) is 100 Å². The van der Waals surface area contributed by atoms with Gasteiger partial charge in [-0.25, -0.2) is 3.97 Å². The lowest BCUT2D eigenvalue weighted by atomic mass is 9.99. The van der Waals surface area contributed by atoms with Gasteiger partial charge in [0.25, 0.3) is 10.0 Å². The number of para-hydroxylation sites is 1. The standard InChI is InChI=1S/C25H16N2O4S3/c26-15-21-19(12-13-32-21)24-18-8-4-5-9-20(18)27(25(24)16-6-2-1-3-7-16)34(30,31)23-11-10-17(33-23)14-22(28)29/h1-13H,14H2,(H,28,29). The molecule has 0 bridgehead atoms. The molecule has 5 aromatic rings. The van der Waals surface area contributed by atoms with Crippen LogP contribution in [0.3, 0.4) is 0 Å². The first-order valence-corrected chi connectivity index (χ1v) is 13.3. The number of aliphatic carboxylic acids is 1. The fourth-order valence-corrected chi connectivity index (χ4v) is 7.67. The minimum absolute atomic E-state index is 0.0547. The first kappa shape index (κ1) is 22.1. The number of nitriles is 1. The molecule has 2 aromatic carbocycles. The number of hydrogen-bond donors (Lipinski definition) is 1.